The van der Waals surface area contributed by atoms with Crippen LogP contribution in [0.5, 0.6) is 0 Å². The van der Waals surface area contributed by atoms with Gasteiger partial charge in [0.25, 0.3) is 5.91 Å². The van der Waals surface area contributed by atoms with Crippen LogP contribution < -0.4 is 11.2 Å². The van der Waals surface area contributed by atoms with Crippen LogP contribution >= 0.6 is 0 Å². The molecule has 5 nitrogen and oxygen atoms in total. The first-order valence-electron chi connectivity index (χ1n) is 6.29. The monoisotopic (exact) mass is 242 g/mol. The molecule has 1 aliphatic carbocycles. The second kappa shape index (κ2) is 4.23. The summed E-state index contributed by atoms with van der Waals surface area (Å²) in [6.45, 7) is 7.01. The Morgan fingerprint density at radius 1 is 1.59 bits per heavy atom. The van der Waals surface area contributed by atoms with E-state index < -0.39 is 5.54 Å². The molecule has 0 spiro atoms. The highest BCUT2D eigenvalue weighted by Crippen LogP contribution is 2.57. The number of nitrogens with two attached hydrogens (primary N) is 1. The summed E-state index contributed by atoms with van der Waals surface area (Å²) in [4.78, 5) is 17.1. The molecule has 5 heteroatoms. The van der Waals surface area contributed by atoms with Gasteiger partial charge in [0, 0.05) is 17.9 Å². The van der Waals surface area contributed by atoms with Crippen LogP contribution in [-0.4, -0.2) is 30.8 Å². The van der Waals surface area contributed by atoms with Gasteiger partial charge in [-0.1, -0.05) is 13.8 Å². The van der Waals surface area contributed by atoms with E-state index in [-0.39, 0.29) is 23.3 Å². The average Bonchev–Trinajstić information content (AvgIpc) is 2.34. The number of hydroxylamine groups is 1. The molecule has 3 N–H and O–H groups in total. The Morgan fingerprint density at radius 2 is 2.29 bits per heavy atom. The van der Waals surface area contributed by atoms with Gasteiger partial charge < -0.3 is 10.5 Å². The number of ether oxygens (including phenoxy) is 1. The molecule has 98 valence electrons. The van der Waals surface area contributed by atoms with Gasteiger partial charge in [-0.05, 0) is 19.8 Å². The molecule has 2 rings (SSSR count). The fourth-order valence-electron chi connectivity index (χ4n) is 3.26. The smallest absolute Gasteiger partial charge is 0.264 e. The zero-order valence-corrected chi connectivity index (χ0v) is 10.8. The Hall–Kier alpha value is -0.650. The third-order valence-corrected chi connectivity index (χ3v) is 4.37. The van der Waals surface area contributed by atoms with Crippen LogP contribution in [0.15, 0.2) is 0 Å². The van der Waals surface area contributed by atoms with Gasteiger partial charge in [-0.25, -0.2) is 5.48 Å². The van der Waals surface area contributed by atoms with Crippen molar-refractivity contribution >= 4 is 5.91 Å². The van der Waals surface area contributed by atoms with Gasteiger partial charge in [-0.3, -0.25) is 9.63 Å². The van der Waals surface area contributed by atoms with Crippen molar-refractivity contribution in [1.29, 1.82) is 0 Å². The molecular formula is C12H22N2O3. The van der Waals surface area contributed by atoms with Crippen LogP contribution in [0.1, 0.15) is 33.6 Å². The van der Waals surface area contributed by atoms with E-state index in [1.807, 2.05) is 20.8 Å². The first-order chi connectivity index (χ1) is 7.96. The van der Waals surface area contributed by atoms with E-state index in [1.165, 1.54) is 0 Å². The number of fused-ring (bicyclic) bond motifs is 1. The van der Waals surface area contributed by atoms with Crippen molar-refractivity contribution in [3.05, 3.63) is 0 Å². The highest BCUT2D eigenvalue weighted by atomic mass is 16.6. The Bertz CT molecular complexity index is 319. The van der Waals surface area contributed by atoms with Crippen LogP contribution in [0.4, 0.5) is 0 Å². The zero-order chi connectivity index (χ0) is 12.7. The standard InChI is InChI=1S/C12H22N2O3/c1-4-17-14-10(15)12(13)8-6-5-7-16-9(8)11(12,2)3/h8-9H,4-7,13H2,1-3H3,(H,14,15). The maximum absolute atomic E-state index is 12.2. The normalized spacial score (nSPS) is 39.1. The SMILES string of the molecule is CCONC(=O)C1(N)C2CCCOC2C1(C)C. The van der Waals surface area contributed by atoms with Crippen LogP contribution in [0.2, 0.25) is 0 Å². The number of hydrogen-bond acceptors (Lipinski definition) is 4. The molecule has 2 fully saturated rings. The Balaban J connectivity index is 2.15. The molecule has 0 radical (unpaired) electrons. The van der Waals surface area contributed by atoms with Crippen molar-refractivity contribution in [1.82, 2.24) is 5.48 Å². The summed E-state index contributed by atoms with van der Waals surface area (Å²) in [5, 5.41) is 0. The molecule has 0 bridgehead atoms. The fourth-order valence-corrected chi connectivity index (χ4v) is 3.26. The molecule has 1 aliphatic heterocycles. The molecule has 0 aromatic heterocycles. The second-order valence-corrected chi connectivity index (χ2v) is 5.50. The summed E-state index contributed by atoms with van der Waals surface area (Å²) >= 11 is 0. The van der Waals surface area contributed by atoms with Crippen LogP contribution in [-0.2, 0) is 14.4 Å². The highest BCUT2D eigenvalue weighted by molar-refractivity contribution is 5.88. The lowest BCUT2D eigenvalue weighted by Gasteiger charge is -2.64. The minimum atomic E-state index is -0.882. The maximum atomic E-state index is 12.2. The number of carbonyl (C=O) groups excluding carboxylic acids is 1. The number of carbonyl (C=O) groups is 1. The molecule has 17 heavy (non-hydrogen) atoms. The van der Waals surface area contributed by atoms with Crippen molar-refractivity contribution in [3.63, 3.8) is 0 Å². The van der Waals surface area contributed by atoms with Gasteiger partial charge in [0.15, 0.2) is 0 Å². The molecule has 3 atom stereocenters. The summed E-state index contributed by atoms with van der Waals surface area (Å²) in [5.74, 6) is -0.122. The summed E-state index contributed by atoms with van der Waals surface area (Å²) in [5.41, 5.74) is 7.56. The Labute approximate surface area is 102 Å². The van der Waals surface area contributed by atoms with Crippen molar-refractivity contribution < 1.29 is 14.4 Å². The number of nitrogens with one attached hydrogen (secondary N) is 1. The van der Waals surface area contributed by atoms with E-state index >= 15 is 0 Å². The molecule has 3 unspecified atom stereocenters. The van der Waals surface area contributed by atoms with E-state index in [9.17, 15) is 4.79 Å². The van der Waals surface area contributed by atoms with E-state index in [0.29, 0.717) is 6.61 Å². The van der Waals surface area contributed by atoms with Gasteiger partial charge in [-0.15, -0.1) is 0 Å². The molecule has 0 aromatic carbocycles. The van der Waals surface area contributed by atoms with Gasteiger partial charge in [-0.2, -0.15) is 0 Å². The van der Waals surface area contributed by atoms with Crippen LogP contribution in [0, 0.1) is 11.3 Å². The van der Waals surface area contributed by atoms with Gasteiger partial charge in [0.2, 0.25) is 0 Å². The average molecular weight is 242 g/mol. The summed E-state index contributed by atoms with van der Waals surface area (Å²) in [6.07, 6.45) is 2.01. The fraction of sp³-hybridized carbons (Fsp3) is 0.917. The van der Waals surface area contributed by atoms with Gasteiger partial charge in [0.05, 0.1) is 12.7 Å². The molecular weight excluding hydrogens is 220 g/mol. The molecule has 0 aromatic rings. The summed E-state index contributed by atoms with van der Waals surface area (Å²) in [7, 11) is 0. The first kappa shape index (κ1) is 12.8. The largest absolute Gasteiger partial charge is 0.377 e. The van der Waals surface area contributed by atoms with Gasteiger partial charge >= 0.3 is 0 Å². The van der Waals surface area contributed by atoms with E-state index in [2.05, 4.69) is 5.48 Å². The number of rotatable bonds is 3. The number of amides is 1. The van der Waals surface area contributed by atoms with E-state index in [4.69, 9.17) is 15.3 Å². The third-order valence-electron chi connectivity index (χ3n) is 4.37. The highest BCUT2D eigenvalue weighted by Gasteiger charge is 2.70. The summed E-state index contributed by atoms with van der Waals surface area (Å²) < 4.78 is 5.74. The maximum Gasteiger partial charge on any atom is 0.264 e. The van der Waals surface area contributed by atoms with E-state index in [1.54, 1.807) is 0 Å². The predicted molar refractivity (Wildman–Crippen MR) is 62.9 cm³/mol. The Kier molecular flexibility index (Phi) is 3.18. The molecule has 1 heterocycles. The van der Waals surface area contributed by atoms with Crippen LogP contribution in [0.3, 0.4) is 0 Å². The van der Waals surface area contributed by atoms with Crippen molar-refractivity contribution in [3.8, 4) is 0 Å². The lowest BCUT2D eigenvalue weighted by atomic mass is 9.46. The molecule has 1 saturated heterocycles. The lowest BCUT2D eigenvalue weighted by molar-refractivity contribution is -0.229. The first-order valence-corrected chi connectivity index (χ1v) is 6.29. The van der Waals surface area contributed by atoms with Crippen molar-refractivity contribution in [2.24, 2.45) is 17.1 Å². The summed E-state index contributed by atoms with van der Waals surface area (Å²) in [6, 6.07) is 0. The third kappa shape index (κ3) is 1.60. The minimum Gasteiger partial charge on any atom is -0.377 e. The molecule has 1 amide bonds. The zero-order valence-electron chi connectivity index (χ0n) is 10.8. The molecule has 2 aliphatic rings. The van der Waals surface area contributed by atoms with Crippen LogP contribution in [0.25, 0.3) is 0 Å². The Morgan fingerprint density at radius 3 is 2.94 bits per heavy atom. The van der Waals surface area contributed by atoms with Crippen molar-refractivity contribution in [2.75, 3.05) is 13.2 Å². The van der Waals surface area contributed by atoms with E-state index in [0.717, 1.165) is 19.4 Å². The predicted octanol–water partition coefficient (Wildman–Crippen LogP) is 0.587. The quantitative estimate of drug-likeness (QED) is 0.710. The minimum absolute atomic E-state index is 0.0913. The lowest BCUT2D eigenvalue weighted by Crippen LogP contribution is -2.82. The van der Waals surface area contributed by atoms with Crippen molar-refractivity contribution in [2.45, 2.75) is 45.3 Å². The van der Waals surface area contributed by atoms with Gasteiger partial charge in [0.1, 0.15) is 5.54 Å². The second-order valence-electron chi connectivity index (χ2n) is 5.50. The number of hydrogen-bond donors (Lipinski definition) is 2. The topological polar surface area (TPSA) is 73.6 Å². The molecule has 1 saturated carbocycles.